The van der Waals surface area contributed by atoms with Gasteiger partial charge in [0.1, 0.15) is 0 Å². The van der Waals surface area contributed by atoms with E-state index in [9.17, 15) is 0 Å². The van der Waals surface area contributed by atoms with E-state index in [1.54, 1.807) is 0 Å². The summed E-state index contributed by atoms with van der Waals surface area (Å²) in [5.41, 5.74) is 3.76. The first-order valence-corrected chi connectivity index (χ1v) is 6.52. The van der Waals surface area contributed by atoms with Crippen molar-refractivity contribution in [1.29, 1.82) is 0 Å². The van der Waals surface area contributed by atoms with E-state index in [4.69, 9.17) is 0 Å². The molecular weight excluding hydrogens is 222 g/mol. The summed E-state index contributed by atoms with van der Waals surface area (Å²) in [7, 11) is 0. The number of hydrogen-bond acceptors (Lipinski definition) is 2. The number of nitrogens with one attached hydrogen (secondary N) is 1. The highest BCUT2D eigenvalue weighted by Crippen LogP contribution is 2.11. The van der Waals surface area contributed by atoms with Crippen LogP contribution in [-0.2, 0) is 13.0 Å². The Bertz CT molecular complexity index is 514. The molecule has 0 amide bonds. The minimum atomic E-state index is 0.904. The quantitative estimate of drug-likeness (QED) is 0.874. The van der Waals surface area contributed by atoms with Crippen molar-refractivity contribution in [1.82, 2.24) is 9.55 Å². The van der Waals surface area contributed by atoms with E-state index in [0.29, 0.717) is 0 Å². The minimum absolute atomic E-state index is 0.904. The molecule has 3 heteroatoms. The molecule has 0 atom stereocenters. The van der Waals surface area contributed by atoms with Crippen molar-refractivity contribution in [3.8, 4) is 0 Å². The molecule has 2 rings (SSSR count). The van der Waals surface area contributed by atoms with Gasteiger partial charge in [0.25, 0.3) is 0 Å². The molecule has 0 fully saturated rings. The first kappa shape index (κ1) is 12.7. The van der Waals surface area contributed by atoms with E-state index in [1.165, 1.54) is 11.1 Å². The van der Waals surface area contributed by atoms with Crippen LogP contribution < -0.4 is 5.32 Å². The van der Waals surface area contributed by atoms with Gasteiger partial charge in [-0.15, -0.1) is 0 Å². The van der Waals surface area contributed by atoms with Crippen molar-refractivity contribution < 1.29 is 0 Å². The summed E-state index contributed by atoms with van der Waals surface area (Å²) in [6, 6.07) is 8.68. The van der Waals surface area contributed by atoms with Crippen LogP contribution in [0.3, 0.4) is 0 Å². The third-order valence-corrected chi connectivity index (χ3v) is 2.96. The van der Waals surface area contributed by atoms with Gasteiger partial charge in [0.05, 0.1) is 5.69 Å². The average molecular weight is 243 g/mol. The smallest absolute Gasteiger partial charge is 0.203 e. The fourth-order valence-electron chi connectivity index (χ4n) is 2.13. The number of aromatic nitrogens is 2. The second-order valence-corrected chi connectivity index (χ2v) is 4.67. The molecule has 0 aliphatic carbocycles. The molecule has 0 saturated carbocycles. The van der Waals surface area contributed by atoms with E-state index in [-0.39, 0.29) is 0 Å². The Balaban J connectivity index is 2.05. The molecule has 1 aromatic heterocycles. The third-order valence-electron chi connectivity index (χ3n) is 2.96. The van der Waals surface area contributed by atoms with Crippen molar-refractivity contribution in [2.24, 2.45) is 0 Å². The van der Waals surface area contributed by atoms with Gasteiger partial charge in [-0.3, -0.25) is 0 Å². The Morgan fingerprint density at radius 2 is 2.11 bits per heavy atom. The predicted molar refractivity (Wildman–Crippen MR) is 76.0 cm³/mol. The number of hydrogen-bond donors (Lipinski definition) is 1. The van der Waals surface area contributed by atoms with Crippen LogP contribution in [0.15, 0.2) is 30.5 Å². The number of benzene rings is 1. The molecule has 0 aliphatic rings. The van der Waals surface area contributed by atoms with Crippen LogP contribution in [-0.4, -0.2) is 16.1 Å². The number of imidazole rings is 1. The Labute approximate surface area is 109 Å². The van der Waals surface area contributed by atoms with Crippen molar-refractivity contribution in [2.45, 2.75) is 33.7 Å². The SMILES string of the molecule is CCNc1nc(C)cn1CCc1cccc(C)c1. The van der Waals surface area contributed by atoms with Crippen molar-refractivity contribution in [3.05, 3.63) is 47.3 Å². The Kier molecular flexibility index (Phi) is 4.03. The Hall–Kier alpha value is -1.77. The van der Waals surface area contributed by atoms with Crippen LogP contribution in [0.4, 0.5) is 5.95 Å². The molecule has 2 aromatic rings. The molecule has 18 heavy (non-hydrogen) atoms. The fraction of sp³-hybridized carbons (Fsp3) is 0.400. The van der Waals surface area contributed by atoms with Gasteiger partial charge in [-0.05, 0) is 32.8 Å². The fourth-order valence-corrected chi connectivity index (χ4v) is 2.13. The summed E-state index contributed by atoms with van der Waals surface area (Å²) in [4.78, 5) is 4.48. The molecule has 3 nitrogen and oxygen atoms in total. The van der Waals surface area contributed by atoms with E-state index in [1.807, 2.05) is 6.92 Å². The molecule has 1 N–H and O–H groups in total. The normalized spacial score (nSPS) is 10.6. The molecular formula is C15H21N3. The lowest BCUT2D eigenvalue weighted by Crippen LogP contribution is -2.08. The predicted octanol–water partition coefficient (Wildman–Crippen LogP) is 3.17. The molecule has 0 bridgehead atoms. The van der Waals surface area contributed by atoms with E-state index in [2.05, 4.69) is 59.2 Å². The lowest BCUT2D eigenvalue weighted by molar-refractivity contribution is 0.699. The summed E-state index contributed by atoms with van der Waals surface area (Å²) >= 11 is 0. The first-order valence-electron chi connectivity index (χ1n) is 6.52. The van der Waals surface area contributed by atoms with Crippen LogP contribution in [0, 0.1) is 13.8 Å². The number of aryl methyl sites for hydroxylation is 4. The van der Waals surface area contributed by atoms with Gasteiger partial charge in [0.2, 0.25) is 5.95 Å². The van der Waals surface area contributed by atoms with E-state index < -0.39 is 0 Å². The summed E-state index contributed by atoms with van der Waals surface area (Å²) < 4.78 is 2.20. The Morgan fingerprint density at radius 3 is 2.83 bits per heavy atom. The summed E-state index contributed by atoms with van der Waals surface area (Å²) in [5, 5.41) is 3.30. The third kappa shape index (κ3) is 3.13. The molecule has 1 heterocycles. The van der Waals surface area contributed by atoms with Gasteiger partial charge in [0, 0.05) is 19.3 Å². The number of nitrogens with zero attached hydrogens (tertiary/aromatic N) is 2. The maximum atomic E-state index is 4.48. The van der Waals surface area contributed by atoms with E-state index >= 15 is 0 Å². The second-order valence-electron chi connectivity index (χ2n) is 4.67. The minimum Gasteiger partial charge on any atom is -0.356 e. The zero-order valence-corrected chi connectivity index (χ0v) is 11.4. The zero-order valence-electron chi connectivity index (χ0n) is 11.4. The molecule has 0 aliphatic heterocycles. The summed E-state index contributed by atoms with van der Waals surface area (Å²) in [6.45, 7) is 8.13. The Morgan fingerprint density at radius 1 is 1.28 bits per heavy atom. The summed E-state index contributed by atoms with van der Waals surface area (Å²) in [6.07, 6.45) is 3.14. The van der Waals surface area contributed by atoms with E-state index in [0.717, 1.165) is 31.2 Å². The van der Waals surface area contributed by atoms with Gasteiger partial charge in [-0.2, -0.15) is 0 Å². The zero-order chi connectivity index (χ0) is 13.0. The second kappa shape index (κ2) is 5.71. The molecule has 0 saturated heterocycles. The molecule has 96 valence electrons. The van der Waals surface area contributed by atoms with Crippen LogP contribution in [0.25, 0.3) is 0 Å². The van der Waals surface area contributed by atoms with Gasteiger partial charge in [0.15, 0.2) is 0 Å². The van der Waals surface area contributed by atoms with Crippen molar-refractivity contribution in [2.75, 3.05) is 11.9 Å². The van der Waals surface area contributed by atoms with Gasteiger partial charge < -0.3 is 9.88 Å². The molecule has 0 unspecified atom stereocenters. The summed E-state index contributed by atoms with van der Waals surface area (Å²) in [5.74, 6) is 0.975. The molecule has 0 spiro atoms. The highest BCUT2D eigenvalue weighted by atomic mass is 15.2. The van der Waals surface area contributed by atoms with Crippen LogP contribution in [0.2, 0.25) is 0 Å². The maximum Gasteiger partial charge on any atom is 0.203 e. The van der Waals surface area contributed by atoms with Gasteiger partial charge >= 0.3 is 0 Å². The van der Waals surface area contributed by atoms with Crippen LogP contribution in [0.1, 0.15) is 23.7 Å². The topological polar surface area (TPSA) is 29.9 Å². The number of anilines is 1. The maximum absolute atomic E-state index is 4.48. The lowest BCUT2D eigenvalue weighted by Gasteiger charge is -2.08. The highest BCUT2D eigenvalue weighted by Gasteiger charge is 2.04. The van der Waals surface area contributed by atoms with Crippen LogP contribution >= 0.6 is 0 Å². The highest BCUT2D eigenvalue weighted by molar-refractivity contribution is 5.29. The van der Waals surface area contributed by atoms with Gasteiger partial charge in [-0.1, -0.05) is 29.8 Å². The lowest BCUT2D eigenvalue weighted by atomic mass is 10.1. The monoisotopic (exact) mass is 243 g/mol. The van der Waals surface area contributed by atoms with Crippen molar-refractivity contribution >= 4 is 5.95 Å². The standard InChI is InChI=1S/C15H21N3/c1-4-16-15-17-13(3)11-18(15)9-8-14-7-5-6-12(2)10-14/h5-7,10-11H,4,8-9H2,1-3H3,(H,16,17). The van der Waals surface area contributed by atoms with Crippen LogP contribution in [0.5, 0.6) is 0 Å². The van der Waals surface area contributed by atoms with Crippen molar-refractivity contribution in [3.63, 3.8) is 0 Å². The number of rotatable bonds is 5. The molecule has 1 aromatic carbocycles. The average Bonchev–Trinajstić information content (AvgIpc) is 2.68. The van der Waals surface area contributed by atoms with Gasteiger partial charge in [-0.25, -0.2) is 4.98 Å². The molecule has 0 radical (unpaired) electrons. The largest absolute Gasteiger partial charge is 0.356 e. The first-order chi connectivity index (χ1) is 8.69.